The number of nitrogens with one attached hydrogen (secondary N) is 1. The molecule has 1 aromatic heterocycles. The number of aryl methyl sites for hydroxylation is 2. The Morgan fingerprint density at radius 3 is 2.83 bits per heavy atom. The zero-order valence-corrected chi connectivity index (χ0v) is 11.0. The van der Waals surface area contributed by atoms with Crippen LogP contribution in [0.2, 0.25) is 0 Å². The predicted octanol–water partition coefficient (Wildman–Crippen LogP) is 3.21. The fourth-order valence-electron chi connectivity index (χ4n) is 1.97. The van der Waals surface area contributed by atoms with Crippen LogP contribution in [0, 0.1) is 6.42 Å². The zero-order valence-electron chi connectivity index (χ0n) is 11.0. The Labute approximate surface area is 111 Å². The van der Waals surface area contributed by atoms with Crippen molar-refractivity contribution in [2.75, 3.05) is 12.4 Å². The molecule has 2 rings (SSSR count). The number of hydrogen-bond acceptors (Lipinski definition) is 3. The number of carbonyl (C=O) groups is 1. The van der Waals surface area contributed by atoms with Gasteiger partial charge in [0.15, 0.2) is 5.78 Å². The van der Waals surface area contributed by atoms with Gasteiger partial charge in [0.25, 0.3) is 0 Å². The van der Waals surface area contributed by atoms with Crippen molar-refractivity contribution in [3.8, 4) is 0 Å². The molecular weight excluding hydrogens is 224 g/mol. The van der Waals surface area contributed by atoms with Gasteiger partial charge in [-0.15, -0.1) is 0 Å². The third kappa shape index (κ3) is 3.19. The van der Waals surface area contributed by atoms with E-state index in [0.29, 0.717) is 6.42 Å². The second-order valence-electron chi connectivity index (χ2n) is 4.48. The Kier molecular flexibility index (Phi) is 4.13. The molecule has 0 unspecified atom stereocenters. The first-order valence-corrected chi connectivity index (χ1v) is 6.49. The molecule has 0 fully saturated rings. The average molecular weight is 247 g/mol. The summed E-state index contributed by atoms with van der Waals surface area (Å²) in [6.07, 6.45) is 7.06. The van der Waals surface area contributed by atoms with Crippen LogP contribution in [0.25, 0.3) is 0 Å². The van der Waals surface area contributed by atoms with E-state index in [1.165, 1.54) is 5.56 Å². The second kappa shape index (κ2) is 5.80. The van der Waals surface area contributed by atoms with Crippen molar-refractivity contribution < 1.29 is 7.65 Å². The van der Waals surface area contributed by atoms with Gasteiger partial charge in [0, 0.05) is 28.4 Å². The summed E-state index contributed by atoms with van der Waals surface area (Å²) in [4.78, 5) is 16.1. The van der Waals surface area contributed by atoms with Gasteiger partial charge in [-0.25, -0.2) is 4.98 Å². The number of pyridine rings is 1. The minimum absolute atomic E-state index is 0. The molecule has 3 nitrogen and oxygen atoms in total. The lowest BCUT2D eigenvalue weighted by Gasteiger charge is -2.08. The maximum absolute atomic E-state index is 11.5. The lowest BCUT2D eigenvalue weighted by Crippen LogP contribution is -2.02. The van der Waals surface area contributed by atoms with Crippen molar-refractivity contribution in [2.24, 2.45) is 0 Å². The number of rotatable bonds is 7. The maximum Gasteiger partial charge on any atom is 0.159 e. The van der Waals surface area contributed by atoms with Crippen molar-refractivity contribution in [1.82, 2.24) is 4.98 Å². The summed E-state index contributed by atoms with van der Waals surface area (Å²) in [5, 5.41) is 3.12. The van der Waals surface area contributed by atoms with E-state index in [0.717, 1.165) is 36.3 Å². The normalized spacial score (nSPS) is 13.1. The highest BCUT2D eigenvalue weighted by Crippen LogP contribution is 2.20. The third-order valence-electron chi connectivity index (χ3n) is 3.15. The van der Waals surface area contributed by atoms with E-state index in [2.05, 4.69) is 29.4 Å². The SMILES string of the molecule is CCc1ccc(CCCC(=O)C2=C[CH]2)nc1NC.[HH].[HH]. The van der Waals surface area contributed by atoms with Crippen molar-refractivity contribution in [2.45, 2.75) is 32.6 Å². The van der Waals surface area contributed by atoms with Gasteiger partial charge >= 0.3 is 0 Å². The van der Waals surface area contributed by atoms with Gasteiger partial charge in [0.1, 0.15) is 5.82 Å². The molecule has 1 N–H and O–H groups in total. The maximum atomic E-state index is 11.5. The van der Waals surface area contributed by atoms with Gasteiger partial charge in [-0.05, 0) is 36.5 Å². The molecule has 0 saturated heterocycles. The van der Waals surface area contributed by atoms with Crippen LogP contribution in [0.4, 0.5) is 5.82 Å². The molecule has 1 aliphatic rings. The fraction of sp³-hybridized carbons (Fsp3) is 0.400. The molecule has 18 heavy (non-hydrogen) atoms. The van der Waals surface area contributed by atoms with E-state index in [1.807, 2.05) is 19.5 Å². The number of Topliss-reactive ketones (excluding diaryl/α,β-unsaturated/α-hetero) is 1. The van der Waals surface area contributed by atoms with Gasteiger partial charge in [0.05, 0.1) is 0 Å². The van der Waals surface area contributed by atoms with E-state index < -0.39 is 0 Å². The molecule has 99 valence electrons. The van der Waals surface area contributed by atoms with Crippen LogP contribution in [0.3, 0.4) is 0 Å². The molecule has 0 amide bonds. The van der Waals surface area contributed by atoms with Gasteiger partial charge in [-0.1, -0.05) is 19.1 Å². The second-order valence-corrected chi connectivity index (χ2v) is 4.48. The number of ketones is 1. The van der Waals surface area contributed by atoms with E-state index in [-0.39, 0.29) is 8.64 Å². The number of anilines is 1. The number of nitrogens with zero attached hydrogens (tertiary/aromatic N) is 1. The standard InChI is InChI=1S/C15H19N2O.2H2/c1-3-11-9-10-13(17-15(11)16-2)5-4-6-14(18)12-7-8-12;;/h7-10H,3-6H2,1-2H3,(H,16,17);2*1H. The van der Waals surface area contributed by atoms with E-state index in [9.17, 15) is 4.79 Å². The summed E-state index contributed by atoms with van der Waals surface area (Å²) < 4.78 is 0. The van der Waals surface area contributed by atoms with Crippen LogP contribution in [0.1, 0.15) is 33.9 Å². The van der Waals surface area contributed by atoms with Crippen molar-refractivity contribution >= 4 is 11.6 Å². The topological polar surface area (TPSA) is 42.0 Å². The predicted molar refractivity (Wildman–Crippen MR) is 77.7 cm³/mol. The lowest BCUT2D eigenvalue weighted by molar-refractivity contribution is -0.115. The summed E-state index contributed by atoms with van der Waals surface area (Å²) in [7, 11) is 1.89. The van der Waals surface area contributed by atoms with Crippen molar-refractivity contribution in [3.05, 3.63) is 41.5 Å². The summed E-state index contributed by atoms with van der Waals surface area (Å²) >= 11 is 0. The number of aromatic nitrogens is 1. The summed E-state index contributed by atoms with van der Waals surface area (Å²) in [5.74, 6) is 1.22. The lowest BCUT2D eigenvalue weighted by atomic mass is 10.1. The Bertz CT molecular complexity index is 487. The minimum atomic E-state index is 0. The van der Waals surface area contributed by atoms with Crippen LogP contribution in [0.5, 0.6) is 0 Å². The van der Waals surface area contributed by atoms with Gasteiger partial charge in [-0.3, -0.25) is 4.79 Å². The third-order valence-corrected chi connectivity index (χ3v) is 3.15. The molecule has 0 aliphatic heterocycles. The molecule has 3 heteroatoms. The molecular formula is C15H23N2O. The molecule has 1 aliphatic carbocycles. The molecule has 0 bridgehead atoms. The number of allylic oxidation sites excluding steroid dienone is 2. The Hall–Kier alpha value is -1.64. The van der Waals surface area contributed by atoms with Crippen LogP contribution in [-0.4, -0.2) is 17.8 Å². The summed E-state index contributed by atoms with van der Waals surface area (Å²) in [5.41, 5.74) is 3.17. The minimum Gasteiger partial charge on any atom is -0.373 e. The number of hydrogen-bond donors (Lipinski definition) is 1. The smallest absolute Gasteiger partial charge is 0.159 e. The van der Waals surface area contributed by atoms with E-state index in [4.69, 9.17) is 0 Å². The first-order chi connectivity index (χ1) is 8.74. The first-order valence-electron chi connectivity index (χ1n) is 6.49. The van der Waals surface area contributed by atoms with Crippen LogP contribution in [-0.2, 0) is 17.6 Å². The Balaban J connectivity index is 0.00000180. The van der Waals surface area contributed by atoms with Gasteiger partial charge in [-0.2, -0.15) is 0 Å². The average Bonchev–Trinajstić information content (AvgIpc) is 3.22. The number of carbonyl (C=O) groups excluding carboxylic acids is 1. The molecule has 0 spiro atoms. The van der Waals surface area contributed by atoms with E-state index >= 15 is 0 Å². The molecule has 0 atom stereocenters. The fourth-order valence-corrected chi connectivity index (χ4v) is 1.97. The monoisotopic (exact) mass is 247 g/mol. The van der Waals surface area contributed by atoms with Gasteiger partial charge < -0.3 is 5.32 Å². The largest absolute Gasteiger partial charge is 0.373 e. The molecule has 0 saturated carbocycles. The van der Waals surface area contributed by atoms with Crippen LogP contribution >= 0.6 is 0 Å². The summed E-state index contributed by atoms with van der Waals surface area (Å²) in [6, 6.07) is 4.18. The van der Waals surface area contributed by atoms with Crippen molar-refractivity contribution in [1.29, 1.82) is 0 Å². The highest BCUT2D eigenvalue weighted by Gasteiger charge is 2.16. The van der Waals surface area contributed by atoms with Crippen LogP contribution < -0.4 is 5.32 Å². The van der Waals surface area contributed by atoms with Crippen LogP contribution in [0.15, 0.2) is 23.8 Å². The highest BCUT2D eigenvalue weighted by atomic mass is 16.1. The van der Waals surface area contributed by atoms with E-state index in [1.54, 1.807) is 0 Å². The molecule has 1 radical (unpaired) electrons. The zero-order chi connectivity index (χ0) is 13.0. The molecule has 1 aromatic rings. The van der Waals surface area contributed by atoms with Crippen molar-refractivity contribution in [3.63, 3.8) is 0 Å². The quantitative estimate of drug-likeness (QED) is 0.804. The van der Waals surface area contributed by atoms with Gasteiger partial charge in [0.2, 0.25) is 0 Å². The Morgan fingerprint density at radius 1 is 1.44 bits per heavy atom. The first kappa shape index (κ1) is 12.8. The molecule has 1 heterocycles. The summed E-state index contributed by atoms with van der Waals surface area (Å²) in [6.45, 7) is 2.12. The molecule has 0 aromatic carbocycles. The highest BCUT2D eigenvalue weighted by molar-refractivity contribution is 6.02. The Morgan fingerprint density at radius 2 is 2.22 bits per heavy atom.